The summed E-state index contributed by atoms with van der Waals surface area (Å²) in [6.45, 7) is 4.90. The Morgan fingerprint density at radius 3 is 3.00 bits per heavy atom. The average molecular weight is 288 g/mol. The summed E-state index contributed by atoms with van der Waals surface area (Å²) in [4.78, 5) is 15.9. The van der Waals surface area contributed by atoms with Gasteiger partial charge in [-0.2, -0.15) is 0 Å². The number of hydrogen-bond acceptors (Lipinski definition) is 6. The number of nitrogens with zero attached hydrogens (tertiary/aromatic N) is 1. The zero-order valence-electron chi connectivity index (χ0n) is 11.1. The molecule has 18 heavy (non-hydrogen) atoms. The summed E-state index contributed by atoms with van der Waals surface area (Å²) < 4.78 is 5.85. The molecular weight excluding hydrogens is 268 g/mol. The highest BCUT2D eigenvalue weighted by atomic mass is 32.2. The van der Waals surface area contributed by atoms with Gasteiger partial charge in [-0.1, -0.05) is 18.7 Å². The van der Waals surface area contributed by atoms with E-state index in [2.05, 4.69) is 17.2 Å². The number of methoxy groups -OCH3 is 1. The van der Waals surface area contributed by atoms with Crippen molar-refractivity contribution < 1.29 is 9.53 Å². The molecule has 0 bridgehead atoms. The van der Waals surface area contributed by atoms with Crippen molar-refractivity contribution in [2.45, 2.75) is 37.1 Å². The summed E-state index contributed by atoms with van der Waals surface area (Å²) in [5.41, 5.74) is 1.05. The summed E-state index contributed by atoms with van der Waals surface area (Å²) >= 11 is 3.34. The third kappa shape index (κ3) is 5.37. The minimum Gasteiger partial charge on any atom is -0.468 e. The van der Waals surface area contributed by atoms with Gasteiger partial charge < -0.3 is 10.1 Å². The summed E-state index contributed by atoms with van der Waals surface area (Å²) in [6.07, 6.45) is 1.77. The van der Waals surface area contributed by atoms with E-state index in [9.17, 15) is 4.79 Å². The van der Waals surface area contributed by atoms with Crippen molar-refractivity contribution in [2.75, 3.05) is 19.4 Å². The Morgan fingerprint density at radius 2 is 2.44 bits per heavy atom. The number of nitrogens with one attached hydrogen (secondary N) is 1. The molecule has 0 saturated heterocycles. The first-order chi connectivity index (χ1) is 8.67. The van der Waals surface area contributed by atoms with Gasteiger partial charge in [-0.25, -0.2) is 4.98 Å². The maximum absolute atomic E-state index is 11.6. The first-order valence-corrected chi connectivity index (χ1v) is 7.90. The SMILES string of the molecule is CCCNC(CCSc1nc(C)cs1)C(=O)OC. The largest absolute Gasteiger partial charge is 0.468 e. The van der Waals surface area contributed by atoms with Gasteiger partial charge >= 0.3 is 5.97 Å². The second kappa shape index (κ2) is 8.50. The zero-order chi connectivity index (χ0) is 13.4. The Hall–Kier alpha value is -0.590. The van der Waals surface area contributed by atoms with Crippen LogP contribution in [0.5, 0.6) is 0 Å². The standard InChI is InChI=1S/C12H20N2O2S2/c1-4-6-13-10(11(15)16-3)5-7-17-12-14-9(2)8-18-12/h8,10,13H,4-7H2,1-3H3. The van der Waals surface area contributed by atoms with Crippen LogP contribution in [0.3, 0.4) is 0 Å². The quantitative estimate of drug-likeness (QED) is 0.588. The molecule has 0 aliphatic rings. The maximum Gasteiger partial charge on any atom is 0.322 e. The van der Waals surface area contributed by atoms with E-state index in [1.54, 1.807) is 23.1 Å². The molecule has 1 heterocycles. The fourth-order valence-corrected chi connectivity index (χ4v) is 3.35. The van der Waals surface area contributed by atoms with Gasteiger partial charge in [-0.3, -0.25) is 4.79 Å². The van der Waals surface area contributed by atoms with Crippen LogP contribution in [0.15, 0.2) is 9.72 Å². The van der Waals surface area contributed by atoms with Gasteiger partial charge in [-0.15, -0.1) is 11.3 Å². The lowest BCUT2D eigenvalue weighted by Gasteiger charge is -2.15. The summed E-state index contributed by atoms with van der Waals surface area (Å²) in [5, 5.41) is 5.24. The molecule has 0 spiro atoms. The molecule has 0 saturated carbocycles. The van der Waals surface area contributed by atoms with E-state index < -0.39 is 0 Å². The van der Waals surface area contributed by atoms with Crippen LogP contribution in [-0.2, 0) is 9.53 Å². The summed E-state index contributed by atoms with van der Waals surface area (Å²) in [5.74, 6) is 0.683. The number of ether oxygens (including phenoxy) is 1. The van der Waals surface area contributed by atoms with Gasteiger partial charge in [0.1, 0.15) is 10.4 Å². The number of aryl methyl sites for hydroxylation is 1. The van der Waals surface area contributed by atoms with Crippen LogP contribution in [0.1, 0.15) is 25.5 Å². The number of carbonyl (C=O) groups is 1. The second-order valence-electron chi connectivity index (χ2n) is 3.92. The Labute approximate surface area is 117 Å². The molecule has 1 aromatic rings. The van der Waals surface area contributed by atoms with Crippen molar-refractivity contribution in [3.8, 4) is 0 Å². The molecule has 0 aromatic carbocycles. The summed E-state index contributed by atoms with van der Waals surface area (Å²) in [7, 11) is 1.43. The molecule has 1 N–H and O–H groups in total. The maximum atomic E-state index is 11.6. The average Bonchev–Trinajstić information content (AvgIpc) is 2.78. The van der Waals surface area contributed by atoms with Crippen LogP contribution in [0.2, 0.25) is 0 Å². The Kier molecular flexibility index (Phi) is 7.31. The lowest BCUT2D eigenvalue weighted by atomic mass is 10.2. The van der Waals surface area contributed by atoms with Gasteiger partial charge in [0.15, 0.2) is 0 Å². The predicted molar refractivity (Wildman–Crippen MR) is 76.3 cm³/mol. The van der Waals surface area contributed by atoms with E-state index in [0.717, 1.165) is 35.2 Å². The molecule has 0 fully saturated rings. The summed E-state index contributed by atoms with van der Waals surface area (Å²) in [6, 6.07) is -0.205. The fraction of sp³-hybridized carbons (Fsp3) is 0.667. The number of thioether (sulfide) groups is 1. The van der Waals surface area contributed by atoms with Gasteiger partial charge in [0.05, 0.1) is 7.11 Å². The van der Waals surface area contributed by atoms with Crippen molar-refractivity contribution in [3.63, 3.8) is 0 Å². The molecule has 1 aromatic heterocycles. The molecule has 0 aliphatic carbocycles. The van der Waals surface area contributed by atoms with Crippen LogP contribution < -0.4 is 5.32 Å². The Bertz CT molecular complexity index is 369. The third-order valence-corrected chi connectivity index (χ3v) is 4.53. The highest BCUT2D eigenvalue weighted by molar-refractivity contribution is 8.01. The fourth-order valence-electron chi connectivity index (χ4n) is 1.43. The normalized spacial score (nSPS) is 12.4. The molecule has 1 rings (SSSR count). The molecule has 1 atom stereocenters. The van der Waals surface area contributed by atoms with Crippen LogP contribution in [0, 0.1) is 6.92 Å². The molecule has 0 amide bonds. The smallest absolute Gasteiger partial charge is 0.322 e. The van der Waals surface area contributed by atoms with Crippen LogP contribution >= 0.6 is 23.1 Å². The third-order valence-electron chi connectivity index (χ3n) is 2.36. The van der Waals surface area contributed by atoms with E-state index >= 15 is 0 Å². The zero-order valence-corrected chi connectivity index (χ0v) is 12.7. The predicted octanol–water partition coefficient (Wildman–Crippen LogP) is 2.47. The van der Waals surface area contributed by atoms with E-state index in [-0.39, 0.29) is 12.0 Å². The molecule has 0 radical (unpaired) electrons. The van der Waals surface area contributed by atoms with Gasteiger partial charge in [0.25, 0.3) is 0 Å². The molecule has 0 aliphatic heterocycles. The van der Waals surface area contributed by atoms with Gasteiger partial charge in [0, 0.05) is 16.8 Å². The lowest BCUT2D eigenvalue weighted by molar-refractivity contribution is -0.143. The molecule has 4 nitrogen and oxygen atoms in total. The minimum atomic E-state index is -0.205. The van der Waals surface area contributed by atoms with Gasteiger partial charge in [0.2, 0.25) is 0 Å². The molecular formula is C12H20N2O2S2. The monoisotopic (exact) mass is 288 g/mol. The van der Waals surface area contributed by atoms with Crippen LogP contribution in [0.4, 0.5) is 0 Å². The number of rotatable bonds is 8. The number of hydrogen-bond donors (Lipinski definition) is 1. The van der Waals surface area contributed by atoms with Crippen molar-refractivity contribution in [1.82, 2.24) is 10.3 Å². The number of carbonyl (C=O) groups excluding carboxylic acids is 1. The van der Waals surface area contributed by atoms with Crippen molar-refractivity contribution in [3.05, 3.63) is 11.1 Å². The molecule has 102 valence electrons. The van der Waals surface area contributed by atoms with E-state index in [1.807, 2.05) is 12.3 Å². The second-order valence-corrected chi connectivity index (χ2v) is 6.12. The van der Waals surface area contributed by atoms with Crippen LogP contribution in [0.25, 0.3) is 0 Å². The first-order valence-electron chi connectivity index (χ1n) is 6.03. The van der Waals surface area contributed by atoms with Crippen LogP contribution in [-0.4, -0.2) is 36.4 Å². The highest BCUT2D eigenvalue weighted by Gasteiger charge is 2.17. The van der Waals surface area contributed by atoms with E-state index in [1.165, 1.54) is 7.11 Å². The van der Waals surface area contributed by atoms with E-state index in [0.29, 0.717) is 0 Å². The molecule has 1 unspecified atom stereocenters. The number of thiazole rings is 1. The minimum absolute atomic E-state index is 0.181. The Balaban J connectivity index is 2.34. The van der Waals surface area contributed by atoms with Crippen molar-refractivity contribution >= 4 is 29.1 Å². The van der Waals surface area contributed by atoms with Crippen molar-refractivity contribution in [1.29, 1.82) is 0 Å². The highest BCUT2D eigenvalue weighted by Crippen LogP contribution is 2.23. The lowest BCUT2D eigenvalue weighted by Crippen LogP contribution is -2.38. The van der Waals surface area contributed by atoms with Crippen molar-refractivity contribution in [2.24, 2.45) is 0 Å². The number of esters is 1. The number of aromatic nitrogens is 1. The van der Waals surface area contributed by atoms with Gasteiger partial charge in [-0.05, 0) is 26.3 Å². The Morgan fingerprint density at radius 1 is 1.67 bits per heavy atom. The topological polar surface area (TPSA) is 51.2 Å². The van der Waals surface area contributed by atoms with E-state index in [4.69, 9.17) is 4.74 Å². The first kappa shape index (κ1) is 15.5. The molecule has 6 heteroatoms.